The van der Waals surface area contributed by atoms with E-state index in [-0.39, 0.29) is 17.6 Å². The number of rotatable bonds is 6. The minimum atomic E-state index is -0.119. The molecule has 0 radical (unpaired) electrons. The number of hydrogen-bond donors (Lipinski definition) is 0. The van der Waals surface area contributed by atoms with Gasteiger partial charge in [0.25, 0.3) is 5.91 Å². The van der Waals surface area contributed by atoms with E-state index in [0.717, 1.165) is 0 Å². The third kappa shape index (κ3) is 3.93. The van der Waals surface area contributed by atoms with E-state index in [1.165, 1.54) is 21.3 Å². The van der Waals surface area contributed by atoms with Gasteiger partial charge in [0, 0.05) is 42.5 Å². The zero-order valence-electron chi connectivity index (χ0n) is 16.3. The lowest BCUT2D eigenvalue weighted by molar-refractivity contribution is 0.0649. The third-order valence-electron chi connectivity index (χ3n) is 5.01. The number of carbonyl (C=O) groups is 2. The number of methoxy groups -OCH3 is 3. The summed E-state index contributed by atoms with van der Waals surface area (Å²) in [4.78, 5) is 31.3. The molecule has 148 valence electrons. The van der Waals surface area contributed by atoms with Crippen LogP contribution >= 0.6 is 0 Å². The average molecular weight is 384 g/mol. The molecule has 1 aliphatic heterocycles. The van der Waals surface area contributed by atoms with Crippen LogP contribution in [0.1, 0.15) is 33.6 Å². The van der Waals surface area contributed by atoms with Crippen LogP contribution in [0.15, 0.2) is 36.7 Å². The van der Waals surface area contributed by atoms with Crippen molar-refractivity contribution >= 4 is 11.7 Å². The number of hydrogen-bond acceptors (Lipinski definition) is 6. The SMILES string of the molecule is COc1cc(C(=O)N2CCC(C(=O)c3cccnc3)CC2)cc(OC)c1OC. The maximum atomic E-state index is 13.0. The predicted molar refractivity (Wildman–Crippen MR) is 103 cm³/mol. The van der Waals surface area contributed by atoms with Crippen molar-refractivity contribution in [3.63, 3.8) is 0 Å². The Bertz CT molecular complexity index is 820. The van der Waals surface area contributed by atoms with Crippen LogP contribution in [0.3, 0.4) is 0 Å². The third-order valence-corrected chi connectivity index (χ3v) is 5.01. The first-order chi connectivity index (χ1) is 13.6. The van der Waals surface area contributed by atoms with E-state index >= 15 is 0 Å². The summed E-state index contributed by atoms with van der Waals surface area (Å²) in [5, 5.41) is 0. The molecule has 1 fully saturated rings. The summed E-state index contributed by atoms with van der Waals surface area (Å²) in [6.45, 7) is 1.04. The van der Waals surface area contributed by atoms with Gasteiger partial charge in [-0.25, -0.2) is 0 Å². The van der Waals surface area contributed by atoms with Crippen molar-refractivity contribution in [2.45, 2.75) is 12.8 Å². The Labute approximate surface area is 164 Å². The number of aromatic nitrogens is 1. The van der Waals surface area contributed by atoms with Crippen molar-refractivity contribution < 1.29 is 23.8 Å². The van der Waals surface area contributed by atoms with Gasteiger partial charge in [0.05, 0.1) is 21.3 Å². The zero-order valence-corrected chi connectivity index (χ0v) is 16.3. The minimum Gasteiger partial charge on any atom is -0.493 e. The Balaban J connectivity index is 1.71. The van der Waals surface area contributed by atoms with E-state index in [9.17, 15) is 9.59 Å². The Kier molecular flexibility index (Phi) is 6.13. The van der Waals surface area contributed by atoms with Gasteiger partial charge < -0.3 is 19.1 Å². The van der Waals surface area contributed by atoms with Crippen LogP contribution in [0.25, 0.3) is 0 Å². The zero-order chi connectivity index (χ0) is 20.1. The molecule has 0 atom stereocenters. The molecule has 1 aliphatic rings. The molecule has 28 heavy (non-hydrogen) atoms. The number of Topliss-reactive ketones (excluding diaryl/α,β-unsaturated/α-hetero) is 1. The molecule has 1 saturated heterocycles. The van der Waals surface area contributed by atoms with Crippen molar-refractivity contribution in [3.05, 3.63) is 47.8 Å². The highest BCUT2D eigenvalue weighted by atomic mass is 16.5. The number of piperidine rings is 1. The van der Waals surface area contributed by atoms with Gasteiger partial charge >= 0.3 is 0 Å². The second-order valence-corrected chi connectivity index (χ2v) is 6.59. The summed E-state index contributed by atoms with van der Waals surface area (Å²) in [5.41, 5.74) is 1.09. The maximum Gasteiger partial charge on any atom is 0.254 e. The topological polar surface area (TPSA) is 78.0 Å². The molecule has 0 unspecified atom stereocenters. The maximum absolute atomic E-state index is 13.0. The largest absolute Gasteiger partial charge is 0.493 e. The van der Waals surface area contributed by atoms with Crippen molar-refractivity contribution in [3.8, 4) is 17.2 Å². The summed E-state index contributed by atoms with van der Waals surface area (Å²) in [7, 11) is 4.55. The summed E-state index contributed by atoms with van der Waals surface area (Å²) >= 11 is 0. The molecule has 0 bridgehead atoms. The molecular weight excluding hydrogens is 360 g/mol. The highest BCUT2D eigenvalue weighted by molar-refractivity contribution is 5.98. The Morgan fingerprint density at radius 1 is 1.00 bits per heavy atom. The van der Waals surface area contributed by atoms with Crippen molar-refractivity contribution in [1.82, 2.24) is 9.88 Å². The summed E-state index contributed by atoms with van der Waals surface area (Å²) < 4.78 is 16.0. The highest BCUT2D eigenvalue weighted by Gasteiger charge is 2.29. The quantitative estimate of drug-likeness (QED) is 0.713. The average Bonchev–Trinajstić information content (AvgIpc) is 2.77. The van der Waals surface area contributed by atoms with Gasteiger partial charge in [0.1, 0.15) is 0 Å². The minimum absolute atomic E-state index is 0.0896. The molecule has 1 aromatic heterocycles. The molecule has 2 aromatic rings. The van der Waals surface area contributed by atoms with E-state index < -0.39 is 0 Å². The standard InChI is InChI=1S/C21H24N2O5/c1-26-17-11-16(12-18(27-2)20(17)28-3)21(25)23-9-6-14(7-10-23)19(24)15-5-4-8-22-13-15/h4-5,8,11-14H,6-7,9-10H2,1-3H3. The molecule has 0 N–H and O–H groups in total. The van der Waals surface area contributed by atoms with Gasteiger partial charge in [-0.05, 0) is 37.1 Å². The lowest BCUT2D eigenvalue weighted by Crippen LogP contribution is -2.40. The number of likely N-dealkylation sites (tertiary alicyclic amines) is 1. The first kappa shape index (κ1) is 19.7. The van der Waals surface area contributed by atoms with Crippen molar-refractivity contribution in [2.75, 3.05) is 34.4 Å². The molecule has 1 aromatic carbocycles. The monoisotopic (exact) mass is 384 g/mol. The molecule has 2 heterocycles. The first-order valence-electron chi connectivity index (χ1n) is 9.12. The molecule has 0 saturated carbocycles. The Hall–Kier alpha value is -3.09. The first-order valence-corrected chi connectivity index (χ1v) is 9.12. The van der Waals surface area contributed by atoms with Crippen LogP contribution in [-0.2, 0) is 0 Å². The Morgan fingerprint density at radius 2 is 1.64 bits per heavy atom. The predicted octanol–water partition coefficient (Wildman–Crippen LogP) is 2.84. The van der Waals surface area contributed by atoms with Crippen LogP contribution in [0, 0.1) is 5.92 Å². The van der Waals surface area contributed by atoms with Gasteiger partial charge in [-0.3, -0.25) is 14.6 Å². The molecule has 3 rings (SSSR count). The van der Waals surface area contributed by atoms with E-state index in [1.807, 2.05) is 0 Å². The highest BCUT2D eigenvalue weighted by Crippen LogP contribution is 2.38. The van der Waals surface area contributed by atoms with Crippen LogP contribution in [0.5, 0.6) is 17.2 Å². The number of pyridine rings is 1. The van der Waals surface area contributed by atoms with E-state index in [2.05, 4.69) is 4.98 Å². The van der Waals surface area contributed by atoms with Crippen LogP contribution in [-0.4, -0.2) is 56.0 Å². The van der Waals surface area contributed by atoms with Crippen LogP contribution < -0.4 is 14.2 Å². The van der Waals surface area contributed by atoms with E-state index in [0.29, 0.717) is 54.3 Å². The number of amides is 1. The van der Waals surface area contributed by atoms with Gasteiger partial charge in [0.2, 0.25) is 5.75 Å². The second-order valence-electron chi connectivity index (χ2n) is 6.59. The summed E-state index contributed by atoms with van der Waals surface area (Å²) in [6, 6.07) is 6.84. The van der Waals surface area contributed by atoms with Gasteiger partial charge in [-0.1, -0.05) is 0 Å². The summed E-state index contributed by atoms with van der Waals surface area (Å²) in [5.74, 6) is 1.20. The fourth-order valence-electron chi connectivity index (χ4n) is 3.48. The number of carbonyl (C=O) groups excluding carboxylic acids is 2. The number of ketones is 1. The smallest absolute Gasteiger partial charge is 0.254 e. The van der Waals surface area contributed by atoms with Crippen molar-refractivity contribution in [1.29, 1.82) is 0 Å². The fraction of sp³-hybridized carbons (Fsp3) is 0.381. The molecule has 1 amide bonds. The molecule has 7 nitrogen and oxygen atoms in total. The lowest BCUT2D eigenvalue weighted by Gasteiger charge is -2.31. The number of nitrogens with zero attached hydrogens (tertiary/aromatic N) is 2. The molecule has 7 heteroatoms. The lowest BCUT2D eigenvalue weighted by atomic mass is 9.89. The van der Waals surface area contributed by atoms with Crippen molar-refractivity contribution in [2.24, 2.45) is 5.92 Å². The normalized spacial score (nSPS) is 14.5. The van der Waals surface area contributed by atoms with Crippen LogP contribution in [0.4, 0.5) is 0 Å². The van der Waals surface area contributed by atoms with Crippen LogP contribution in [0.2, 0.25) is 0 Å². The van der Waals surface area contributed by atoms with E-state index in [1.54, 1.807) is 41.6 Å². The number of benzene rings is 1. The van der Waals surface area contributed by atoms with Gasteiger partial charge in [-0.15, -0.1) is 0 Å². The number of ether oxygens (including phenoxy) is 3. The fourth-order valence-corrected chi connectivity index (χ4v) is 3.48. The van der Waals surface area contributed by atoms with E-state index in [4.69, 9.17) is 14.2 Å². The molecular formula is C21H24N2O5. The molecule has 0 spiro atoms. The van der Waals surface area contributed by atoms with Gasteiger partial charge in [0.15, 0.2) is 17.3 Å². The summed E-state index contributed by atoms with van der Waals surface area (Å²) in [6.07, 6.45) is 4.50. The van der Waals surface area contributed by atoms with Gasteiger partial charge in [-0.2, -0.15) is 0 Å². The Morgan fingerprint density at radius 3 is 2.14 bits per heavy atom. The molecule has 0 aliphatic carbocycles. The second kappa shape index (κ2) is 8.73.